The molecular weight excluding hydrogens is 309 g/mol. The van der Waals surface area contributed by atoms with Crippen LogP contribution in [0.2, 0.25) is 0 Å². The van der Waals surface area contributed by atoms with Gasteiger partial charge in [-0.15, -0.1) is 0 Å². The minimum Gasteiger partial charge on any atom is -0.480 e. The second-order valence-corrected chi connectivity index (χ2v) is 6.53. The van der Waals surface area contributed by atoms with Crippen LogP contribution in [0.4, 0.5) is 10.1 Å². The Hall–Kier alpha value is -2.41. The number of halogens is 1. The number of carboxylic acid groups (broad SMARTS) is 1. The zero-order valence-corrected chi connectivity index (χ0v) is 12.5. The van der Waals surface area contributed by atoms with Crippen LogP contribution in [0.1, 0.15) is 5.56 Å². The van der Waals surface area contributed by atoms with Crippen LogP contribution in [0, 0.1) is 12.7 Å². The van der Waals surface area contributed by atoms with E-state index in [0.29, 0.717) is 4.31 Å². The first-order chi connectivity index (χ1) is 10.3. The highest BCUT2D eigenvalue weighted by atomic mass is 32.2. The molecule has 0 aromatic heterocycles. The first-order valence-corrected chi connectivity index (χ1v) is 7.82. The van der Waals surface area contributed by atoms with E-state index in [2.05, 4.69) is 0 Å². The van der Waals surface area contributed by atoms with Crippen LogP contribution in [0.5, 0.6) is 0 Å². The highest BCUT2D eigenvalue weighted by Crippen LogP contribution is 2.26. The van der Waals surface area contributed by atoms with E-state index in [0.717, 1.165) is 11.6 Å². The van der Waals surface area contributed by atoms with Gasteiger partial charge in [0.2, 0.25) is 0 Å². The van der Waals surface area contributed by atoms with E-state index in [-0.39, 0.29) is 10.6 Å². The minimum atomic E-state index is -4.18. The van der Waals surface area contributed by atoms with Gasteiger partial charge in [0.25, 0.3) is 10.0 Å². The predicted molar refractivity (Wildman–Crippen MR) is 79.7 cm³/mol. The van der Waals surface area contributed by atoms with Crippen molar-refractivity contribution in [1.29, 1.82) is 0 Å². The third-order valence-electron chi connectivity index (χ3n) is 3.01. The number of aliphatic carboxylic acids is 1. The fourth-order valence-corrected chi connectivity index (χ4v) is 3.34. The maximum absolute atomic E-state index is 13.9. The standard InChI is InChI=1S/C15H14FNO4S/c1-11-6-8-12(9-7-11)22(20,21)17(10-15(18)19)14-5-3-2-4-13(14)16/h2-9H,10H2,1H3,(H,18,19). The van der Waals surface area contributed by atoms with Crippen LogP contribution in [0.3, 0.4) is 0 Å². The summed E-state index contributed by atoms with van der Waals surface area (Å²) in [5.74, 6) is -2.18. The number of hydrogen-bond donors (Lipinski definition) is 1. The second kappa shape index (κ2) is 6.15. The lowest BCUT2D eigenvalue weighted by Crippen LogP contribution is -2.36. The molecule has 116 valence electrons. The largest absolute Gasteiger partial charge is 0.480 e. The molecule has 1 N–H and O–H groups in total. The number of carbonyl (C=O) groups is 1. The predicted octanol–water partition coefficient (Wildman–Crippen LogP) is 2.41. The van der Waals surface area contributed by atoms with E-state index >= 15 is 0 Å². The summed E-state index contributed by atoms with van der Waals surface area (Å²) in [5, 5.41) is 8.96. The molecule has 0 saturated carbocycles. The van der Waals surface area contributed by atoms with Crippen LogP contribution in [0.15, 0.2) is 53.4 Å². The molecule has 0 saturated heterocycles. The van der Waals surface area contributed by atoms with Crippen molar-refractivity contribution < 1.29 is 22.7 Å². The molecule has 0 aliphatic carbocycles. The normalized spacial score (nSPS) is 11.2. The van der Waals surface area contributed by atoms with Gasteiger partial charge < -0.3 is 5.11 Å². The fraction of sp³-hybridized carbons (Fsp3) is 0.133. The molecule has 0 heterocycles. The Balaban J connectivity index is 2.56. The van der Waals surface area contributed by atoms with Crippen LogP contribution in [-0.2, 0) is 14.8 Å². The molecule has 0 amide bonds. The molecule has 2 rings (SSSR count). The summed E-state index contributed by atoms with van der Waals surface area (Å²) in [6.07, 6.45) is 0. The van der Waals surface area contributed by atoms with Crippen LogP contribution in [0.25, 0.3) is 0 Å². The molecule has 7 heteroatoms. The van der Waals surface area contributed by atoms with E-state index in [1.54, 1.807) is 19.1 Å². The second-order valence-electron chi connectivity index (χ2n) is 4.67. The molecule has 0 bridgehead atoms. The molecule has 22 heavy (non-hydrogen) atoms. The van der Waals surface area contributed by atoms with Gasteiger partial charge >= 0.3 is 5.97 Å². The molecule has 2 aromatic rings. The Morgan fingerprint density at radius 3 is 2.27 bits per heavy atom. The monoisotopic (exact) mass is 323 g/mol. The number of benzene rings is 2. The summed E-state index contributed by atoms with van der Waals surface area (Å²) in [6.45, 7) is 0.930. The smallest absolute Gasteiger partial charge is 0.324 e. The van der Waals surface area contributed by atoms with Gasteiger partial charge in [-0.2, -0.15) is 0 Å². The number of nitrogens with zero attached hydrogens (tertiary/aromatic N) is 1. The number of aryl methyl sites for hydroxylation is 1. The number of para-hydroxylation sites is 1. The molecule has 2 aromatic carbocycles. The first-order valence-electron chi connectivity index (χ1n) is 6.38. The van der Waals surface area contributed by atoms with Gasteiger partial charge in [-0.3, -0.25) is 9.10 Å². The van der Waals surface area contributed by atoms with Crippen molar-refractivity contribution in [2.45, 2.75) is 11.8 Å². The van der Waals surface area contributed by atoms with E-state index in [1.165, 1.54) is 30.3 Å². The van der Waals surface area contributed by atoms with Crippen molar-refractivity contribution in [3.8, 4) is 0 Å². The third-order valence-corrected chi connectivity index (χ3v) is 4.78. The van der Waals surface area contributed by atoms with Gasteiger partial charge in [-0.1, -0.05) is 29.8 Å². The maximum Gasteiger partial charge on any atom is 0.324 e. The average Bonchev–Trinajstić information content (AvgIpc) is 2.46. The number of sulfonamides is 1. The summed E-state index contributed by atoms with van der Waals surface area (Å²) in [7, 11) is -4.18. The molecule has 5 nitrogen and oxygen atoms in total. The van der Waals surface area contributed by atoms with Crippen molar-refractivity contribution in [3.05, 3.63) is 59.9 Å². The topological polar surface area (TPSA) is 74.7 Å². The first kappa shape index (κ1) is 16.0. The Kier molecular flexibility index (Phi) is 4.46. The molecule has 0 spiro atoms. The minimum absolute atomic E-state index is 0.0948. The van der Waals surface area contributed by atoms with Crippen molar-refractivity contribution in [1.82, 2.24) is 0 Å². The molecular formula is C15H14FNO4S. The molecule has 0 fully saturated rings. The lowest BCUT2D eigenvalue weighted by molar-refractivity contribution is -0.135. The lowest BCUT2D eigenvalue weighted by Gasteiger charge is -2.23. The van der Waals surface area contributed by atoms with Crippen LogP contribution < -0.4 is 4.31 Å². The third kappa shape index (κ3) is 3.25. The summed E-state index contributed by atoms with van der Waals surface area (Å²) in [5.41, 5.74) is 0.556. The summed E-state index contributed by atoms with van der Waals surface area (Å²) in [4.78, 5) is 10.9. The Morgan fingerprint density at radius 1 is 1.14 bits per heavy atom. The molecule has 0 radical (unpaired) electrons. The zero-order valence-electron chi connectivity index (χ0n) is 11.7. The molecule has 0 unspecified atom stereocenters. The van der Waals surface area contributed by atoms with Crippen LogP contribution >= 0.6 is 0 Å². The van der Waals surface area contributed by atoms with Gasteiger partial charge in [-0.05, 0) is 31.2 Å². The average molecular weight is 323 g/mol. The molecule has 0 atom stereocenters. The van der Waals surface area contributed by atoms with Gasteiger partial charge in [0, 0.05) is 0 Å². The highest BCUT2D eigenvalue weighted by molar-refractivity contribution is 7.92. The Labute approximate surface area is 127 Å². The number of anilines is 1. The van der Waals surface area contributed by atoms with E-state index in [1.807, 2.05) is 0 Å². The van der Waals surface area contributed by atoms with Crippen molar-refractivity contribution in [2.24, 2.45) is 0 Å². The Bertz CT molecular complexity index is 787. The lowest BCUT2D eigenvalue weighted by atomic mass is 10.2. The van der Waals surface area contributed by atoms with Crippen LogP contribution in [-0.4, -0.2) is 26.0 Å². The zero-order chi connectivity index (χ0) is 16.3. The van der Waals surface area contributed by atoms with Gasteiger partial charge in [0.05, 0.1) is 10.6 Å². The maximum atomic E-state index is 13.9. The summed E-state index contributed by atoms with van der Waals surface area (Å²) >= 11 is 0. The van der Waals surface area contributed by atoms with E-state index in [9.17, 15) is 17.6 Å². The summed E-state index contributed by atoms with van der Waals surface area (Å²) < 4.78 is 39.7. The summed E-state index contributed by atoms with van der Waals surface area (Å²) in [6, 6.07) is 11.0. The van der Waals surface area contributed by atoms with Crippen molar-refractivity contribution in [3.63, 3.8) is 0 Å². The van der Waals surface area contributed by atoms with E-state index < -0.39 is 28.4 Å². The number of hydrogen-bond acceptors (Lipinski definition) is 3. The quantitative estimate of drug-likeness (QED) is 0.917. The van der Waals surface area contributed by atoms with Gasteiger partial charge in [0.1, 0.15) is 12.4 Å². The molecule has 0 aliphatic rings. The highest BCUT2D eigenvalue weighted by Gasteiger charge is 2.28. The fourth-order valence-electron chi connectivity index (χ4n) is 1.91. The number of rotatable bonds is 5. The van der Waals surface area contributed by atoms with Gasteiger partial charge in [-0.25, -0.2) is 12.8 Å². The SMILES string of the molecule is Cc1ccc(S(=O)(=O)N(CC(=O)O)c2ccccc2F)cc1. The van der Waals surface area contributed by atoms with Gasteiger partial charge in [0.15, 0.2) is 0 Å². The Morgan fingerprint density at radius 2 is 1.73 bits per heavy atom. The number of carboxylic acids is 1. The molecule has 0 aliphatic heterocycles. The van der Waals surface area contributed by atoms with Crippen molar-refractivity contribution in [2.75, 3.05) is 10.8 Å². The van der Waals surface area contributed by atoms with Crippen molar-refractivity contribution >= 4 is 21.7 Å². The van der Waals surface area contributed by atoms with E-state index in [4.69, 9.17) is 5.11 Å².